The summed E-state index contributed by atoms with van der Waals surface area (Å²) in [6, 6.07) is 16.1. The average molecular weight is 354 g/mol. The first-order valence-electron chi connectivity index (χ1n) is 9.40. The van der Waals surface area contributed by atoms with E-state index in [-0.39, 0.29) is 17.4 Å². The molecule has 0 atom stereocenters. The molecule has 0 saturated heterocycles. The molecule has 0 bridgehead atoms. The van der Waals surface area contributed by atoms with Crippen LogP contribution in [0.3, 0.4) is 0 Å². The third-order valence-electron chi connectivity index (χ3n) is 4.21. The third-order valence-corrected chi connectivity index (χ3v) is 4.21. The summed E-state index contributed by atoms with van der Waals surface area (Å²) >= 11 is 0. The SMILES string of the molecule is CC(C)Oc1cccc(CCCNC(=O)c2ccc(C(C)(C)C)cc2)c1. The van der Waals surface area contributed by atoms with Gasteiger partial charge in [0, 0.05) is 12.1 Å². The maximum atomic E-state index is 12.3. The van der Waals surface area contributed by atoms with Crippen molar-refractivity contribution in [3.8, 4) is 5.75 Å². The van der Waals surface area contributed by atoms with E-state index < -0.39 is 0 Å². The fourth-order valence-electron chi connectivity index (χ4n) is 2.76. The van der Waals surface area contributed by atoms with Gasteiger partial charge in [-0.05, 0) is 67.5 Å². The highest BCUT2D eigenvalue weighted by Gasteiger charge is 2.14. The van der Waals surface area contributed by atoms with E-state index in [1.54, 1.807) is 0 Å². The summed E-state index contributed by atoms with van der Waals surface area (Å²) in [5, 5.41) is 3.00. The second kappa shape index (κ2) is 8.88. The third kappa shape index (κ3) is 6.21. The van der Waals surface area contributed by atoms with Gasteiger partial charge in [0.2, 0.25) is 0 Å². The van der Waals surface area contributed by atoms with Crippen LogP contribution in [0.2, 0.25) is 0 Å². The molecule has 0 aliphatic carbocycles. The zero-order valence-corrected chi connectivity index (χ0v) is 16.6. The van der Waals surface area contributed by atoms with Crippen molar-refractivity contribution in [2.45, 2.75) is 59.0 Å². The van der Waals surface area contributed by atoms with Crippen molar-refractivity contribution in [3.05, 3.63) is 65.2 Å². The van der Waals surface area contributed by atoms with Crippen LogP contribution in [0.4, 0.5) is 0 Å². The molecule has 3 nitrogen and oxygen atoms in total. The average Bonchev–Trinajstić information content (AvgIpc) is 2.57. The van der Waals surface area contributed by atoms with Gasteiger partial charge in [0.05, 0.1) is 6.10 Å². The maximum absolute atomic E-state index is 12.3. The van der Waals surface area contributed by atoms with E-state index in [4.69, 9.17) is 4.74 Å². The molecule has 3 heteroatoms. The Morgan fingerprint density at radius 3 is 2.38 bits per heavy atom. The molecule has 0 aliphatic heterocycles. The molecule has 0 saturated carbocycles. The fraction of sp³-hybridized carbons (Fsp3) is 0.435. The van der Waals surface area contributed by atoms with Crippen LogP contribution in [-0.2, 0) is 11.8 Å². The highest BCUT2D eigenvalue weighted by molar-refractivity contribution is 5.94. The first-order valence-corrected chi connectivity index (χ1v) is 9.40. The number of aryl methyl sites for hydroxylation is 1. The van der Waals surface area contributed by atoms with E-state index in [1.807, 2.05) is 50.2 Å². The fourth-order valence-corrected chi connectivity index (χ4v) is 2.76. The number of benzene rings is 2. The van der Waals surface area contributed by atoms with Gasteiger partial charge in [0.15, 0.2) is 0 Å². The minimum Gasteiger partial charge on any atom is -0.491 e. The minimum absolute atomic E-state index is 0.0117. The van der Waals surface area contributed by atoms with E-state index in [1.165, 1.54) is 11.1 Å². The van der Waals surface area contributed by atoms with Crippen molar-refractivity contribution in [1.82, 2.24) is 5.32 Å². The predicted octanol–water partition coefficient (Wildman–Crippen LogP) is 5.13. The number of carbonyl (C=O) groups is 1. The molecule has 2 aromatic rings. The predicted molar refractivity (Wildman–Crippen MR) is 108 cm³/mol. The summed E-state index contributed by atoms with van der Waals surface area (Å²) in [7, 11) is 0. The Morgan fingerprint density at radius 2 is 1.77 bits per heavy atom. The topological polar surface area (TPSA) is 38.3 Å². The number of hydrogen-bond acceptors (Lipinski definition) is 2. The van der Waals surface area contributed by atoms with Gasteiger partial charge in [-0.25, -0.2) is 0 Å². The summed E-state index contributed by atoms with van der Waals surface area (Å²) in [4.78, 5) is 12.3. The Balaban J connectivity index is 1.80. The second-order valence-electron chi connectivity index (χ2n) is 8.00. The maximum Gasteiger partial charge on any atom is 0.251 e. The normalized spacial score (nSPS) is 11.5. The molecular formula is C23H31NO2. The van der Waals surface area contributed by atoms with Crippen LogP contribution in [0, 0.1) is 0 Å². The van der Waals surface area contributed by atoms with Crippen LogP contribution < -0.4 is 10.1 Å². The molecule has 2 rings (SSSR count). The molecule has 1 N–H and O–H groups in total. The van der Waals surface area contributed by atoms with E-state index in [9.17, 15) is 4.79 Å². The Labute approximate surface area is 157 Å². The van der Waals surface area contributed by atoms with Crippen LogP contribution in [-0.4, -0.2) is 18.6 Å². The van der Waals surface area contributed by atoms with E-state index in [0.29, 0.717) is 12.1 Å². The Kier molecular flexibility index (Phi) is 6.84. The Hall–Kier alpha value is -2.29. The largest absolute Gasteiger partial charge is 0.491 e. The zero-order valence-electron chi connectivity index (χ0n) is 16.6. The lowest BCUT2D eigenvalue weighted by atomic mass is 9.87. The van der Waals surface area contributed by atoms with Crippen molar-refractivity contribution >= 4 is 5.91 Å². The van der Waals surface area contributed by atoms with E-state index >= 15 is 0 Å². The van der Waals surface area contributed by atoms with Crippen LogP contribution in [0.25, 0.3) is 0 Å². The lowest BCUT2D eigenvalue weighted by molar-refractivity contribution is 0.0953. The zero-order chi connectivity index (χ0) is 19.2. The van der Waals surface area contributed by atoms with Crippen molar-refractivity contribution in [3.63, 3.8) is 0 Å². The number of rotatable bonds is 7. The van der Waals surface area contributed by atoms with E-state index in [0.717, 1.165) is 18.6 Å². The molecule has 0 heterocycles. The summed E-state index contributed by atoms with van der Waals surface area (Å²) < 4.78 is 5.72. The smallest absolute Gasteiger partial charge is 0.251 e. The molecule has 140 valence electrons. The first-order chi connectivity index (χ1) is 12.3. The first kappa shape index (κ1) is 20.0. The number of ether oxygens (including phenoxy) is 1. The molecule has 0 aromatic heterocycles. The van der Waals surface area contributed by atoms with Crippen LogP contribution in [0.1, 0.15) is 62.5 Å². The van der Waals surface area contributed by atoms with Gasteiger partial charge in [-0.3, -0.25) is 4.79 Å². The van der Waals surface area contributed by atoms with Gasteiger partial charge >= 0.3 is 0 Å². The van der Waals surface area contributed by atoms with Gasteiger partial charge in [0.1, 0.15) is 5.75 Å². The van der Waals surface area contributed by atoms with Gasteiger partial charge in [-0.2, -0.15) is 0 Å². The molecule has 0 aliphatic rings. The Morgan fingerprint density at radius 1 is 1.08 bits per heavy atom. The highest BCUT2D eigenvalue weighted by atomic mass is 16.5. The van der Waals surface area contributed by atoms with Crippen molar-refractivity contribution in [2.24, 2.45) is 0 Å². The van der Waals surface area contributed by atoms with Crippen LogP contribution >= 0.6 is 0 Å². The van der Waals surface area contributed by atoms with Crippen molar-refractivity contribution in [1.29, 1.82) is 0 Å². The Bertz CT molecular complexity index is 712. The lowest BCUT2D eigenvalue weighted by Gasteiger charge is -2.19. The summed E-state index contributed by atoms with van der Waals surface area (Å²) in [5.74, 6) is 0.892. The second-order valence-corrected chi connectivity index (χ2v) is 8.00. The molecule has 26 heavy (non-hydrogen) atoms. The summed E-state index contributed by atoms with van der Waals surface area (Å²) in [6.07, 6.45) is 1.99. The number of nitrogens with one attached hydrogen (secondary N) is 1. The minimum atomic E-state index is -0.0117. The lowest BCUT2D eigenvalue weighted by Crippen LogP contribution is -2.25. The van der Waals surface area contributed by atoms with Gasteiger partial charge < -0.3 is 10.1 Å². The van der Waals surface area contributed by atoms with E-state index in [2.05, 4.69) is 38.2 Å². The van der Waals surface area contributed by atoms with Gasteiger partial charge in [-0.1, -0.05) is 45.0 Å². The number of amides is 1. The standard InChI is InChI=1S/C23H31NO2/c1-17(2)26-21-10-6-8-18(16-21)9-7-15-24-22(25)19-11-13-20(14-12-19)23(3,4)5/h6,8,10-14,16-17H,7,9,15H2,1-5H3,(H,24,25). The molecule has 2 aromatic carbocycles. The number of hydrogen-bond donors (Lipinski definition) is 1. The van der Waals surface area contributed by atoms with Gasteiger partial charge in [-0.15, -0.1) is 0 Å². The molecule has 0 unspecified atom stereocenters. The molecular weight excluding hydrogens is 322 g/mol. The van der Waals surface area contributed by atoms with Crippen LogP contribution in [0.5, 0.6) is 5.75 Å². The highest BCUT2D eigenvalue weighted by Crippen LogP contribution is 2.22. The van der Waals surface area contributed by atoms with Crippen LogP contribution in [0.15, 0.2) is 48.5 Å². The van der Waals surface area contributed by atoms with Gasteiger partial charge in [0.25, 0.3) is 5.91 Å². The molecule has 0 spiro atoms. The monoisotopic (exact) mass is 353 g/mol. The molecule has 1 amide bonds. The quantitative estimate of drug-likeness (QED) is 0.701. The van der Waals surface area contributed by atoms with Crippen molar-refractivity contribution < 1.29 is 9.53 Å². The summed E-state index contributed by atoms with van der Waals surface area (Å²) in [5.41, 5.74) is 3.28. The number of carbonyl (C=O) groups excluding carboxylic acids is 1. The summed E-state index contributed by atoms with van der Waals surface area (Å²) in [6.45, 7) is 11.2. The molecule has 0 fully saturated rings. The molecule has 0 radical (unpaired) electrons. The van der Waals surface area contributed by atoms with Crippen molar-refractivity contribution in [2.75, 3.05) is 6.54 Å².